The fraction of sp³-hybridized carbons (Fsp3) is 0.857. The zero-order chi connectivity index (χ0) is 6.04. The van der Waals surface area contributed by atoms with Crippen molar-refractivity contribution in [2.24, 2.45) is 0 Å². The molecule has 0 saturated carbocycles. The molecule has 0 bridgehead atoms. The SMILES string of the molecule is CC1(C)C[CH]CCO1. The second kappa shape index (κ2) is 2.06. The summed E-state index contributed by atoms with van der Waals surface area (Å²) in [5.74, 6) is 0. The van der Waals surface area contributed by atoms with Crippen molar-refractivity contribution in [1.29, 1.82) is 0 Å². The van der Waals surface area contributed by atoms with Crippen molar-refractivity contribution in [3.63, 3.8) is 0 Å². The van der Waals surface area contributed by atoms with Crippen LogP contribution in [0, 0.1) is 6.42 Å². The first kappa shape index (κ1) is 6.09. The molecular weight excluding hydrogens is 100 g/mol. The summed E-state index contributed by atoms with van der Waals surface area (Å²) >= 11 is 0. The second-order valence-corrected chi connectivity index (χ2v) is 2.89. The van der Waals surface area contributed by atoms with Gasteiger partial charge < -0.3 is 4.74 Å². The summed E-state index contributed by atoms with van der Waals surface area (Å²) in [6.45, 7) is 5.16. The molecule has 0 aromatic heterocycles. The number of ether oxygens (including phenoxy) is 1. The third-order valence-electron chi connectivity index (χ3n) is 1.45. The van der Waals surface area contributed by atoms with E-state index in [1.807, 2.05) is 0 Å². The molecule has 1 heterocycles. The van der Waals surface area contributed by atoms with Crippen molar-refractivity contribution in [3.8, 4) is 0 Å². The summed E-state index contributed by atoms with van der Waals surface area (Å²) in [6.07, 6.45) is 4.53. The van der Waals surface area contributed by atoms with Crippen LogP contribution in [0.15, 0.2) is 0 Å². The second-order valence-electron chi connectivity index (χ2n) is 2.89. The molecule has 1 aliphatic heterocycles. The van der Waals surface area contributed by atoms with Crippen molar-refractivity contribution in [2.75, 3.05) is 6.61 Å². The fourth-order valence-electron chi connectivity index (χ4n) is 0.927. The van der Waals surface area contributed by atoms with Gasteiger partial charge in [0.15, 0.2) is 0 Å². The monoisotopic (exact) mass is 113 g/mol. The summed E-state index contributed by atoms with van der Waals surface area (Å²) in [4.78, 5) is 0. The van der Waals surface area contributed by atoms with E-state index in [1.54, 1.807) is 0 Å². The Balaban J connectivity index is 2.33. The topological polar surface area (TPSA) is 9.23 Å². The van der Waals surface area contributed by atoms with E-state index in [4.69, 9.17) is 4.74 Å². The summed E-state index contributed by atoms with van der Waals surface area (Å²) < 4.78 is 5.43. The van der Waals surface area contributed by atoms with Crippen molar-refractivity contribution < 1.29 is 4.74 Å². The zero-order valence-corrected chi connectivity index (χ0v) is 5.61. The molecule has 0 N–H and O–H groups in total. The quantitative estimate of drug-likeness (QED) is 0.465. The van der Waals surface area contributed by atoms with Crippen LogP contribution in [0.4, 0.5) is 0 Å². The Morgan fingerprint density at radius 1 is 1.50 bits per heavy atom. The van der Waals surface area contributed by atoms with Gasteiger partial charge in [-0.1, -0.05) is 0 Å². The van der Waals surface area contributed by atoms with Crippen LogP contribution in [-0.2, 0) is 4.74 Å². The number of hydrogen-bond acceptors (Lipinski definition) is 1. The van der Waals surface area contributed by atoms with Crippen LogP contribution in [0.5, 0.6) is 0 Å². The van der Waals surface area contributed by atoms with Gasteiger partial charge in [0.25, 0.3) is 0 Å². The van der Waals surface area contributed by atoms with Gasteiger partial charge in [-0.15, -0.1) is 0 Å². The molecule has 1 heteroatoms. The maximum atomic E-state index is 5.43. The van der Waals surface area contributed by atoms with E-state index in [1.165, 1.54) is 0 Å². The van der Waals surface area contributed by atoms with Crippen LogP contribution in [0.1, 0.15) is 26.7 Å². The lowest BCUT2D eigenvalue weighted by Gasteiger charge is -2.29. The standard InChI is InChI=1S/C7H13O/c1-7(2)5-3-4-6-8-7/h3H,4-6H2,1-2H3. The third-order valence-corrected chi connectivity index (χ3v) is 1.45. The first-order valence-electron chi connectivity index (χ1n) is 3.16. The Kier molecular flexibility index (Phi) is 1.57. The molecule has 0 spiro atoms. The number of rotatable bonds is 0. The normalized spacial score (nSPS) is 27.8. The van der Waals surface area contributed by atoms with Gasteiger partial charge in [-0.2, -0.15) is 0 Å². The van der Waals surface area contributed by atoms with E-state index < -0.39 is 0 Å². The molecule has 0 atom stereocenters. The Bertz CT molecular complexity index is 68.5. The first-order valence-corrected chi connectivity index (χ1v) is 3.16. The molecule has 0 aliphatic carbocycles. The highest BCUT2D eigenvalue weighted by atomic mass is 16.5. The Labute approximate surface area is 51.0 Å². The predicted octanol–water partition coefficient (Wildman–Crippen LogP) is 1.78. The maximum Gasteiger partial charge on any atom is 0.0629 e. The molecule has 0 aromatic carbocycles. The van der Waals surface area contributed by atoms with E-state index >= 15 is 0 Å². The molecule has 8 heavy (non-hydrogen) atoms. The van der Waals surface area contributed by atoms with Gasteiger partial charge in [-0.05, 0) is 33.1 Å². The van der Waals surface area contributed by atoms with E-state index in [9.17, 15) is 0 Å². The zero-order valence-electron chi connectivity index (χ0n) is 5.61. The van der Waals surface area contributed by atoms with Crippen molar-refractivity contribution in [3.05, 3.63) is 6.42 Å². The summed E-state index contributed by atoms with van der Waals surface area (Å²) in [7, 11) is 0. The highest BCUT2D eigenvalue weighted by Crippen LogP contribution is 2.21. The first-order chi connectivity index (χ1) is 3.71. The highest BCUT2D eigenvalue weighted by Gasteiger charge is 2.20. The molecule has 1 saturated heterocycles. The van der Waals surface area contributed by atoms with E-state index in [0.717, 1.165) is 19.4 Å². The lowest BCUT2D eigenvalue weighted by Crippen LogP contribution is -2.28. The van der Waals surface area contributed by atoms with Gasteiger partial charge >= 0.3 is 0 Å². The van der Waals surface area contributed by atoms with Crippen LogP contribution in [0.3, 0.4) is 0 Å². The smallest absolute Gasteiger partial charge is 0.0629 e. The van der Waals surface area contributed by atoms with Crippen molar-refractivity contribution in [1.82, 2.24) is 0 Å². The largest absolute Gasteiger partial charge is 0.376 e. The Morgan fingerprint density at radius 2 is 2.25 bits per heavy atom. The Hall–Kier alpha value is -0.0400. The van der Waals surface area contributed by atoms with Gasteiger partial charge in [0.1, 0.15) is 0 Å². The average Bonchev–Trinajstić information content (AvgIpc) is 1.65. The average molecular weight is 113 g/mol. The van der Waals surface area contributed by atoms with Crippen LogP contribution < -0.4 is 0 Å². The van der Waals surface area contributed by atoms with E-state index in [2.05, 4.69) is 20.3 Å². The van der Waals surface area contributed by atoms with Crippen LogP contribution in [0.25, 0.3) is 0 Å². The lowest BCUT2D eigenvalue weighted by atomic mass is 9.99. The van der Waals surface area contributed by atoms with E-state index in [-0.39, 0.29) is 5.60 Å². The molecule has 1 nitrogen and oxygen atoms in total. The van der Waals surface area contributed by atoms with Crippen LogP contribution in [-0.4, -0.2) is 12.2 Å². The van der Waals surface area contributed by atoms with Gasteiger partial charge in [0, 0.05) is 6.61 Å². The molecule has 47 valence electrons. The molecule has 0 aromatic rings. The lowest BCUT2D eigenvalue weighted by molar-refractivity contribution is -0.0350. The van der Waals surface area contributed by atoms with Gasteiger partial charge in [-0.25, -0.2) is 0 Å². The summed E-state index contributed by atoms with van der Waals surface area (Å²) in [5.41, 5.74) is 0.123. The van der Waals surface area contributed by atoms with Crippen molar-refractivity contribution in [2.45, 2.75) is 32.3 Å². The molecular formula is C7H13O. The maximum absolute atomic E-state index is 5.43. The fourth-order valence-corrected chi connectivity index (χ4v) is 0.927. The minimum Gasteiger partial charge on any atom is -0.376 e. The minimum atomic E-state index is 0.123. The minimum absolute atomic E-state index is 0.123. The van der Waals surface area contributed by atoms with Gasteiger partial charge in [-0.3, -0.25) is 0 Å². The van der Waals surface area contributed by atoms with Crippen LogP contribution in [0.2, 0.25) is 0 Å². The van der Waals surface area contributed by atoms with Crippen LogP contribution >= 0.6 is 0 Å². The van der Waals surface area contributed by atoms with E-state index in [0.29, 0.717) is 0 Å². The molecule has 0 unspecified atom stereocenters. The molecule has 1 fully saturated rings. The molecule has 1 rings (SSSR count). The molecule has 1 aliphatic rings. The molecule has 0 amide bonds. The van der Waals surface area contributed by atoms with Gasteiger partial charge in [0.05, 0.1) is 5.60 Å². The summed E-state index contributed by atoms with van der Waals surface area (Å²) in [5, 5.41) is 0. The third kappa shape index (κ3) is 1.48. The predicted molar refractivity (Wildman–Crippen MR) is 33.6 cm³/mol. The van der Waals surface area contributed by atoms with Crippen molar-refractivity contribution >= 4 is 0 Å². The Morgan fingerprint density at radius 3 is 2.50 bits per heavy atom. The number of hydrogen-bond donors (Lipinski definition) is 0. The highest BCUT2D eigenvalue weighted by molar-refractivity contribution is 4.82. The molecule has 1 radical (unpaired) electrons. The summed E-state index contributed by atoms with van der Waals surface area (Å²) in [6, 6.07) is 0. The van der Waals surface area contributed by atoms with Gasteiger partial charge in [0.2, 0.25) is 0 Å².